The van der Waals surface area contributed by atoms with Gasteiger partial charge < -0.3 is 27.2 Å². The van der Waals surface area contributed by atoms with E-state index in [1.807, 2.05) is 0 Å². The predicted octanol–water partition coefficient (Wildman–Crippen LogP) is -1.06. The van der Waals surface area contributed by atoms with Crippen LogP contribution in [0, 0.1) is 5.92 Å². The van der Waals surface area contributed by atoms with Crippen LogP contribution in [0.4, 0.5) is 11.8 Å². The summed E-state index contributed by atoms with van der Waals surface area (Å²) >= 11 is 0. The zero-order valence-corrected chi connectivity index (χ0v) is 14.8. The smallest absolute Gasteiger partial charge is 0.326 e. The number of amides is 2. The zero-order valence-electron chi connectivity index (χ0n) is 14.8. The number of primary amides is 1. The second-order valence-electron chi connectivity index (χ2n) is 6.58. The molecular formula is C16H24N6O5. The van der Waals surface area contributed by atoms with E-state index in [2.05, 4.69) is 20.6 Å². The number of aromatic nitrogens is 2. The number of rotatable bonds is 9. The van der Waals surface area contributed by atoms with Crippen LogP contribution in [0.5, 0.6) is 0 Å². The van der Waals surface area contributed by atoms with Gasteiger partial charge in [-0.25, -0.2) is 4.79 Å². The number of aliphatic carboxylic acids is 1. The number of carbonyl (C=O) groups is 3. The van der Waals surface area contributed by atoms with Gasteiger partial charge in [-0.1, -0.05) is 0 Å². The largest absolute Gasteiger partial charge is 0.480 e. The lowest BCUT2D eigenvalue weighted by Gasteiger charge is -2.24. The molecule has 0 aliphatic carbocycles. The summed E-state index contributed by atoms with van der Waals surface area (Å²) in [4.78, 5) is 52.3. The van der Waals surface area contributed by atoms with Crippen molar-refractivity contribution in [2.75, 3.05) is 17.6 Å². The lowest BCUT2D eigenvalue weighted by molar-refractivity contribution is -0.142. The fourth-order valence-electron chi connectivity index (χ4n) is 3.02. The minimum Gasteiger partial charge on any atom is -0.480 e. The van der Waals surface area contributed by atoms with Gasteiger partial charge in [-0.2, -0.15) is 4.98 Å². The number of nitrogens with zero attached hydrogens (tertiary/aromatic N) is 1. The summed E-state index contributed by atoms with van der Waals surface area (Å²) in [6.45, 7) is 0.612. The summed E-state index contributed by atoms with van der Waals surface area (Å²) in [5, 5.41) is 14.6. The number of aromatic amines is 1. The van der Waals surface area contributed by atoms with Crippen LogP contribution in [0.15, 0.2) is 4.79 Å². The fourth-order valence-corrected chi connectivity index (χ4v) is 3.02. The third-order valence-electron chi connectivity index (χ3n) is 4.41. The van der Waals surface area contributed by atoms with Gasteiger partial charge in [0.25, 0.3) is 5.56 Å². The Morgan fingerprint density at radius 2 is 2.07 bits per heavy atom. The van der Waals surface area contributed by atoms with Crippen LogP contribution in [-0.4, -0.2) is 45.4 Å². The van der Waals surface area contributed by atoms with E-state index in [0.717, 1.165) is 0 Å². The first-order chi connectivity index (χ1) is 12.8. The molecule has 8 N–H and O–H groups in total. The molecule has 0 saturated heterocycles. The molecule has 2 amide bonds. The highest BCUT2D eigenvalue weighted by atomic mass is 16.4. The van der Waals surface area contributed by atoms with Crippen LogP contribution < -0.4 is 27.7 Å². The van der Waals surface area contributed by atoms with Crippen molar-refractivity contribution in [3.63, 3.8) is 0 Å². The highest BCUT2D eigenvalue weighted by Crippen LogP contribution is 2.23. The third-order valence-corrected chi connectivity index (χ3v) is 4.41. The number of carboxylic acid groups (broad SMARTS) is 1. The fraction of sp³-hybridized carbons (Fsp3) is 0.562. The maximum Gasteiger partial charge on any atom is 0.326 e. The first-order valence-electron chi connectivity index (χ1n) is 8.69. The van der Waals surface area contributed by atoms with Crippen molar-refractivity contribution in [3.05, 3.63) is 15.9 Å². The molecule has 0 saturated carbocycles. The second-order valence-corrected chi connectivity index (χ2v) is 6.58. The van der Waals surface area contributed by atoms with Crippen LogP contribution in [-0.2, 0) is 20.8 Å². The van der Waals surface area contributed by atoms with E-state index in [-0.39, 0.29) is 36.7 Å². The monoisotopic (exact) mass is 380 g/mol. The maximum atomic E-state index is 11.9. The Morgan fingerprint density at radius 1 is 1.33 bits per heavy atom. The molecule has 11 heteroatoms. The van der Waals surface area contributed by atoms with E-state index in [9.17, 15) is 19.2 Å². The molecule has 0 spiro atoms. The number of H-pyrrole nitrogens is 1. The molecular weight excluding hydrogens is 356 g/mol. The van der Waals surface area contributed by atoms with E-state index in [4.69, 9.17) is 16.6 Å². The number of carboxylic acids is 1. The first kappa shape index (κ1) is 20.2. The molecule has 0 fully saturated rings. The second kappa shape index (κ2) is 9.01. The van der Waals surface area contributed by atoms with Crippen molar-refractivity contribution >= 4 is 29.5 Å². The number of nitrogen functional groups attached to an aromatic ring is 1. The molecule has 0 aromatic carbocycles. The van der Waals surface area contributed by atoms with Crippen molar-refractivity contribution < 1.29 is 19.5 Å². The van der Waals surface area contributed by atoms with Crippen molar-refractivity contribution in [2.24, 2.45) is 11.7 Å². The van der Waals surface area contributed by atoms with Crippen LogP contribution in [0.1, 0.15) is 37.7 Å². The molecule has 27 heavy (non-hydrogen) atoms. The molecule has 0 radical (unpaired) electrons. The predicted molar refractivity (Wildman–Crippen MR) is 96.8 cm³/mol. The summed E-state index contributed by atoms with van der Waals surface area (Å²) in [5.74, 6) is -1.52. The Hall–Kier alpha value is -3.11. The van der Waals surface area contributed by atoms with Gasteiger partial charge in [0.2, 0.25) is 17.8 Å². The molecule has 1 aliphatic rings. The molecule has 2 rings (SSSR count). The molecule has 148 valence electrons. The van der Waals surface area contributed by atoms with Crippen molar-refractivity contribution in [3.8, 4) is 0 Å². The van der Waals surface area contributed by atoms with E-state index < -0.39 is 23.8 Å². The SMILES string of the molecule is NC(=O)CC[C@H](NC(=O)CCC[C@@H]1CNc2nc(N)[nH]c(=O)c2C1)C(=O)O. The number of carbonyl (C=O) groups excluding carboxylic acids is 2. The lowest BCUT2D eigenvalue weighted by atomic mass is 9.92. The van der Waals surface area contributed by atoms with E-state index in [1.54, 1.807) is 0 Å². The Bertz CT molecular complexity index is 777. The normalized spacial score (nSPS) is 16.7. The summed E-state index contributed by atoms with van der Waals surface area (Å²) in [5.41, 5.74) is 10.8. The van der Waals surface area contributed by atoms with Gasteiger partial charge in [-0.15, -0.1) is 0 Å². The molecule has 1 aromatic heterocycles. The Kier molecular flexibility index (Phi) is 6.74. The number of anilines is 2. The number of nitrogens with one attached hydrogen (secondary N) is 3. The van der Waals surface area contributed by atoms with Crippen molar-refractivity contribution in [2.45, 2.75) is 44.6 Å². The number of fused-ring (bicyclic) bond motifs is 1. The van der Waals surface area contributed by atoms with Gasteiger partial charge >= 0.3 is 5.97 Å². The van der Waals surface area contributed by atoms with E-state index in [0.29, 0.717) is 37.2 Å². The minimum absolute atomic E-state index is 0.0430. The number of nitrogens with two attached hydrogens (primary N) is 2. The Morgan fingerprint density at radius 3 is 2.74 bits per heavy atom. The molecule has 11 nitrogen and oxygen atoms in total. The van der Waals surface area contributed by atoms with Gasteiger partial charge in [0.1, 0.15) is 11.9 Å². The van der Waals surface area contributed by atoms with Gasteiger partial charge in [-0.3, -0.25) is 19.4 Å². The van der Waals surface area contributed by atoms with Gasteiger partial charge in [-0.05, 0) is 31.6 Å². The molecule has 1 aliphatic heterocycles. The third kappa shape index (κ3) is 5.97. The quantitative estimate of drug-likeness (QED) is 0.312. The average molecular weight is 380 g/mol. The Labute approximate surface area is 154 Å². The summed E-state index contributed by atoms with van der Waals surface area (Å²) in [6, 6.07) is -1.14. The molecule has 2 heterocycles. The topological polar surface area (TPSA) is 193 Å². The van der Waals surface area contributed by atoms with Crippen LogP contribution in [0.25, 0.3) is 0 Å². The highest BCUT2D eigenvalue weighted by Gasteiger charge is 2.23. The lowest BCUT2D eigenvalue weighted by Crippen LogP contribution is -2.41. The van der Waals surface area contributed by atoms with Crippen LogP contribution in [0.3, 0.4) is 0 Å². The van der Waals surface area contributed by atoms with Crippen molar-refractivity contribution in [1.82, 2.24) is 15.3 Å². The minimum atomic E-state index is -1.20. The molecule has 2 atom stereocenters. The summed E-state index contributed by atoms with van der Waals surface area (Å²) in [6.07, 6.45) is 1.75. The first-order valence-corrected chi connectivity index (χ1v) is 8.69. The van der Waals surface area contributed by atoms with E-state index >= 15 is 0 Å². The van der Waals surface area contributed by atoms with Gasteiger partial charge in [0.05, 0.1) is 5.56 Å². The van der Waals surface area contributed by atoms with Crippen LogP contribution in [0.2, 0.25) is 0 Å². The van der Waals surface area contributed by atoms with E-state index in [1.165, 1.54) is 0 Å². The van der Waals surface area contributed by atoms with Gasteiger partial charge in [0, 0.05) is 19.4 Å². The molecule has 0 unspecified atom stereocenters. The van der Waals surface area contributed by atoms with Gasteiger partial charge in [0.15, 0.2) is 0 Å². The molecule has 1 aromatic rings. The summed E-state index contributed by atoms with van der Waals surface area (Å²) in [7, 11) is 0. The van der Waals surface area contributed by atoms with Crippen molar-refractivity contribution in [1.29, 1.82) is 0 Å². The van der Waals surface area contributed by atoms with Crippen LogP contribution >= 0.6 is 0 Å². The highest BCUT2D eigenvalue weighted by molar-refractivity contribution is 5.84. The number of hydrogen-bond acceptors (Lipinski definition) is 7. The molecule has 0 bridgehead atoms. The zero-order chi connectivity index (χ0) is 20.0. The summed E-state index contributed by atoms with van der Waals surface area (Å²) < 4.78 is 0. The standard InChI is InChI=1S/C16H24N6O5/c17-11(23)5-4-10(15(26)27)20-12(24)3-1-2-8-6-9-13(19-7-8)21-16(18)22-14(9)25/h8,10H,1-7H2,(H2,17,23)(H,20,24)(H,26,27)(H4,18,19,21,22,25)/t8-,10-/m0/s1. The Balaban J connectivity index is 1.78. The average Bonchev–Trinajstić information content (AvgIpc) is 2.58. The number of hydrogen-bond donors (Lipinski definition) is 6. The maximum absolute atomic E-state index is 11.9.